The van der Waals surface area contributed by atoms with Gasteiger partial charge in [-0.3, -0.25) is 10.1 Å². The van der Waals surface area contributed by atoms with E-state index in [9.17, 15) is 0 Å². The lowest BCUT2D eigenvalue weighted by Gasteiger charge is -2.33. The average Bonchev–Trinajstić information content (AvgIpc) is 3.43. The van der Waals surface area contributed by atoms with Crippen LogP contribution in [-0.4, -0.2) is 68.3 Å². The minimum absolute atomic E-state index is 0.693. The molecule has 0 spiro atoms. The lowest BCUT2D eigenvalue weighted by atomic mass is 10.1. The molecule has 1 fully saturated rings. The standard InChI is InChI=1S/C23H22N8/c1-30-7-9-31(10-8-30)23-17-12-20(27-19(17)4-6-25-23)21-18-11-16(14-26-22(18)29-28-21)15-3-2-5-24-13-15/h2-6,11-14,27H,7-10H2,1H3,(H,26,28,29). The summed E-state index contributed by atoms with van der Waals surface area (Å²) >= 11 is 0. The van der Waals surface area contributed by atoms with Crippen molar-refractivity contribution in [1.82, 2.24) is 35.0 Å². The number of piperazine rings is 1. The predicted octanol–water partition coefficient (Wildman–Crippen LogP) is 3.32. The summed E-state index contributed by atoms with van der Waals surface area (Å²) < 4.78 is 0. The Morgan fingerprint density at radius 3 is 2.65 bits per heavy atom. The van der Waals surface area contributed by atoms with Gasteiger partial charge in [0, 0.05) is 72.9 Å². The molecule has 1 aliphatic rings. The van der Waals surface area contributed by atoms with Crippen molar-refractivity contribution in [2.24, 2.45) is 0 Å². The molecular weight excluding hydrogens is 388 g/mol. The van der Waals surface area contributed by atoms with Crippen LogP contribution in [0.2, 0.25) is 0 Å². The summed E-state index contributed by atoms with van der Waals surface area (Å²) in [6.45, 7) is 4.05. The van der Waals surface area contributed by atoms with Gasteiger partial charge in [0.15, 0.2) is 5.65 Å². The number of fused-ring (bicyclic) bond motifs is 2. The number of hydrogen-bond acceptors (Lipinski definition) is 6. The van der Waals surface area contributed by atoms with E-state index in [4.69, 9.17) is 4.98 Å². The van der Waals surface area contributed by atoms with Crippen molar-refractivity contribution in [3.63, 3.8) is 0 Å². The first-order chi connectivity index (χ1) is 15.3. The molecule has 2 N–H and O–H groups in total. The minimum Gasteiger partial charge on any atom is -0.353 e. The molecule has 5 aromatic rings. The number of anilines is 1. The Kier molecular flexibility index (Phi) is 4.17. The Labute approximate surface area is 179 Å². The number of rotatable bonds is 3. The number of hydrogen-bond donors (Lipinski definition) is 2. The van der Waals surface area contributed by atoms with Crippen LogP contribution < -0.4 is 4.90 Å². The van der Waals surface area contributed by atoms with E-state index in [1.54, 1.807) is 6.20 Å². The van der Waals surface area contributed by atoms with Gasteiger partial charge in [0.1, 0.15) is 5.82 Å². The Hall–Kier alpha value is -3.78. The van der Waals surface area contributed by atoms with Crippen LogP contribution in [0, 0.1) is 0 Å². The van der Waals surface area contributed by atoms with Crippen molar-refractivity contribution in [2.45, 2.75) is 0 Å². The van der Waals surface area contributed by atoms with Crippen molar-refractivity contribution >= 4 is 27.8 Å². The van der Waals surface area contributed by atoms with Crippen LogP contribution in [0.5, 0.6) is 0 Å². The van der Waals surface area contributed by atoms with Crippen LogP contribution in [-0.2, 0) is 0 Å². The minimum atomic E-state index is 0.693. The second-order valence-electron chi connectivity index (χ2n) is 8.00. The Morgan fingerprint density at radius 2 is 1.81 bits per heavy atom. The van der Waals surface area contributed by atoms with Gasteiger partial charge in [-0.15, -0.1) is 0 Å². The van der Waals surface area contributed by atoms with Gasteiger partial charge in [-0.25, -0.2) is 9.97 Å². The molecule has 0 amide bonds. The van der Waals surface area contributed by atoms with Gasteiger partial charge in [0.25, 0.3) is 0 Å². The van der Waals surface area contributed by atoms with Gasteiger partial charge < -0.3 is 14.8 Å². The zero-order valence-electron chi connectivity index (χ0n) is 17.2. The molecule has 0 bridgehead atoms. The second-order valence-corrected chi connectivity index (χ2v) is 8.00. The molecular formula is C23H22N8. The van der Waals surface area contributed by atoms with Crippen molar-refractivity contribution < 1.29 is 0 Å². The summed E-state index contributed by atoms with van der Waals surface area (Å²) in [6.07, 6.45) is 7.34. The maximum Gasteiger partial charge on any atom is 0.181 e. The van der Waals surface area contributed by atoms with Crippen molar-refractivity contribution in [1.29, 1.82) is 0 Å². The number of pyridine rings is 3. The van der Waals surface area contributed by atoms with Crippen LogP contribution in [0.3, 0.4) is 0 Å². The number of aromatic nitrogens is 6. The quantitative estimate of drug-likeness (QED) is 0.474. The van der Waals surface area contributed by atoms with E-state index in [1.165, 1.54) is 0 Å². The number of H-pyrrole nitrogens is 2. The molecule has 1 saturated heterocycles. The van der Waals surface area contributed by atoms with Gasteiger partial charge in [0.05, 0.1) is 16.9 Å². The zero-order valence-corrected chi connectivity index (χ0v) is 17.2. The van der Waals surface area contributed by atoms with E-state index in [1.807, 2.05) is 36.8 Å². The first-order valence-corrected chi connectivity index (χ1v) is 10.4. The van der Waals surface area contributed by atoms with Gasteiger partial charge in [-0.1, -0.05) is 6.07 Å². The number of nitrogens with one attached hydrogen (secondary N) is 2. The number of likely N-dealkylation sites (N-methyl/N-ethyl adjacent to an activating group) is 1. The predicted molar refractivity (Wildman–Crippen MR) is 122 cm³/mol. The van der Waals surface area contributed by atoms with E-state index >= 15 is 0 Å². The highest BCUT2D eigenvalue weighted by molar-refractivity contribution is 5.99. The lowest BCUT2D eigenvalue weighted by Crippen LogP contribution is -2.44. The summed E-state index contributed by atoms with van der Waals surface area (Å²) in [5.74, 6) is 1.03. The maximum atomic E-state index is 4.71. The molecule has 0 aromatic carbocycles. The first kappa shape index (κ1) is 18.0. The van der Waals surface area contributed by atoms with Crippen molar-refractivity contribution in [3.8, 4) is 22.5 Å². The maximum absolute atomic E-state index is 4.71. The smallest absolute Gasteiger partial charge is 0.181 e. The molecule has 6 heterocycles. The highest BCUT2D eigenvalue weighted by Gasteiger charge is 2.20. The number of nitrogens with zero attached hydrogens (tertiary/aromatic N) is 6. The summed E-state index contributed by atoms with van der Waals surface area (Å²) in [7, 11) is 2.16. The average molecular weight is 410 g/mol. The van der Waals surface area contributed by atoms with Crippen molar-refractivity contribution in [3.05, 3.63) is 55.1 Å². The fourth-order valence-electron chi connectivity index (χ4n) is 4.24. The number of aromatic amines is 2. The van der Waals surface area contributed by atoms with Gasteiger partial charge in [-0.2, -0.15) is 5.10 Å². The van der Waals surface area contributed by atoms with Crippen LogP contribution >= 0.6 is 0 Å². The molecule has 8 heteroatoms. The topological polar surface area (TPSA) is 89.6 Å². The van der Waals surface area contributed by atoms with E-state index < -0.39 is 0 Å². The molecule has 0 saturated carbocycles. The Balaban J connectivity index is 1.44. The molecule has 0 unspecified atom stereocenters. The molecule has 5 aromatic heterocycles. The molecule has 31 heavy (non-hydrogen) atoms. The van der Waals surface area contributed by atoms with Crippen LogP contribution in [0.25, 0.3) is 44.5 Å². The van der Waals surface area contributed by atoms with E-state index in [2.05, 4.69) is 54.1 Å². The lowest BCUT2D eigenvalue weighted by molar-refractivity contribution is 0.312. The van der Waals surface area contributed by atoms with Gasteiger partial charge in [-0.05, 0) is 31.3 Å². The fourth-order valence-corrected chi connectivity index (χ4v) is 4.24. The van der Waals surface area contributed by atoms with Gasteiger partial charge >= 0.3 is 0 Å². The third-order valence-corrected chi connectivity index (χ3v) is 6.00. The van der Waals surface area contributed by atoms with E-state index in [-0.39, 0.29) is 0 Å². The molecule has 0 atom stereocenters. The van der Waals surface area contributed by atoms with Gasteiger partial charge in [0.2, 0.25) is 0 Å². The SMILES string of the molecule is CN1CCN(c2nccc3[nH]c(-c4[nH]nc5ncc(-c6cccnc6)cc45)cc23)CC1. The van der Waals surface area contributed by atoms with Crippen molar-refractivity contribution in [2.75, 3.05) is 38.1 Å². The molecule has 0 aliphatic carbocycles. The van der Waals surface area contributed by atoms with Crippen LogP contribution in [0.1, 0.15) is 0 Å². The highest BCUT2D eigenvalue weighted by Crippen LogP contribution is 2.33. The summed E-state index contributed by atoms with van der Waals surface area (Å²) in [5.41, 5.74) is 5.71. The molecule has 6 rings (SSSR count). The monoisotopic (exact) mass is 410 g/mol. The second kappa shape index (κ2) is 7.17. The largest absolute Gasteiger partial charge is 0.353 e. The Morgan fingerprint density at radius 1 is 0.903 bits per heavy atom. The molecule has 8 nitrogen and oxygen atoms in total. The van der Waals surface area contributed by atoms with E-state index in [0.29, 0.717) is 5.65 Å². The first-order valence-electron chi connectivity index (χ1n) is 10.4. The molecule has 1 aliphatic heterocycles. The van der Waals surface area contributed by atoms with E-state index in [0.717, 1.165) is 70.8 Å². The summed E-state index contributed by atoms with van der Waals surface area (Å²) in [4.78, 5) is 21.7. The molecule has 0 radical (unpaired) electrons. The highest BCUT2D eigenvalue weighted by atomic mass is 15.3. The summed E-state index contributed by atoms with van der Waals surface area (Å²) in [5, 5.41) is 9.69. The summed E-state index contributed by atoms with van der Waals surface area (Å²) in [6, 6.07) is 10.3. The normalized spacial score (nSPS) is 15.2. The molecule has 154 valence electrons. The zero-order chi connectivity index (χ0) is 20.8. The fraction of sp³-hybridized carbons (Fsp3) is 0.217. The van der Waals surface area contributed by atoms with Crippen LogP contribution in [0.15, 0.2) is 55.1 Å². The Bertz CT molecular complexity index is 1360. The van der Waals surface area contributed by atoms with Crippen LogP contribution in [0.4, 0.5) is 5.82 Å². The third-order valence-electron chi connectivity index (χ3n) is 6.00. The third kappa shape index (κ3) is 3.12.